The number of aromatic nitrogens is 1. The van der Waals surface area contributed by atoms with Gasteiger partial charge in [0, 0.05) is 17.5 Å². The van der Waals surface area contributed by atoms with Crippen LogP contribution in [0.3, 0.4) is 0 Å². The van der Waals surface area contributed by atoms with E-state index in [9.17, 15) is 14.7 Å². The topological polar surface area (TPSA) is 94.6 Å². The number of amides is 1. The van der Waals surface area contributed by atoms with Crippen LogP contribution in [-0.2, 0) is 17.8 Å². The molecule has 5 aromatic rings. The Hall–Kier alpha value is -4.58. The Bertz CT molecular complexity index is 1650. The lowest BCUT2D eigenvalue weighted by molar-refractivity contribution is -0.139. The Morgan fingerprint density at radius 2 is 1.58 bits per heavy atom. The lowest BCUT2D eigenvalue weighted by Crippen LogP contribution is -2.12. The molecule has 0 aliphatic carbocycles. The Labute approximate surface area is 221 Å². The fraction of sp³-hybridized carbons (Fsp3) is 0.188. The van der Waals surface area contributed by atoms with Gasteiger partial charge in [0.25, 0.3) is 0 Å². The van der Waals surface area contributed by atoms with Gasteiger partial charge in [-0.05, 0) is 58.9 Å². The molecule has 0 atom stereocenters. The van der Waals surface area contributed by atoms with E-state index in [1.807, 2.05) is 48.5 Å². The lowest BCUT2D eigenvalue weighted by Gasteiger charge is -2.15. The van der Waals surface area contributed by atoms with Crippen LogP contribution < -0.4 is 10.5 Å². The van der Waals surface area contributed by atoms with E-state index in [-0.39, 0.29) is 5.92 Å². The van der Waals surface area contributed by atoms with Gasteiger partial charge < -0.3 is 20.1 Å². The van der Waals surface area contributed by atoms with Crippen molar-refractivity contribution in [2.75, 3.05) is 6.61 Å². The number of carboxylic acid groups (broad SMARTS) is 1. The third-order valence-electron chi connectivity index (χ3n) is 6.95. The summed E-state index contributed by atoms with van der Waals surface area (Å²) in [6.07, 6.45) is 0.797. The smallest absolute Gasteiger partial charge is 0.341 e. The van der Waals surface area contributed by atoms with E-state index in [2.05, 4.69) is 48.7 Å². The Morgan fingerprint density at radius 3 is 2.26 bits per heavy atom. The number of carbonyl (C=O) groups is 2. The summed E-state index contributed by atoms with van der Waals surface area (Å²) in [5.41, 5.74) is 12.5. The molecule has 6 heteroatoms. The average Bonchev–Trinajstić information content (AvgIpc) is 3.22. The maximum absolute atomic E-state index is 12.5. The first-order chi connectivity index (χ1) is 18.3. The Kier molecular flexibility index (Phi) is 6.88. The second kappa shape index (κ2) is 10.4. The molecule has 38 heavy (non-hydrogen) atoms. The van der Waals surface area contributed by atoms with Gasteiger partial charge in [0.1, 0.15) is 5.75 Å². The van der Waals surface area contributed by atoms with Crippen LogP contribution >= 0.6 is 0 Å². The molecule has 0 aliphatic heterocycles. The molecule has 0 unspecified atom stereocenters. The summed E-state index contributed by atoms with van der Waals surface area (Å²) in [6.45, 7) is 4.24. The van der Waals surface area contributed by atoms with Crippen LogP contribution in [0, 0.1) is 0 Å². The van der Waals surface area contributed by atoms with Crippen molar-refractivity contribution in [3.05, 3.63) is 113 Å². The molecule has 1 aromatic heterocycles. The van der Waals surface area contributed by atoms with E-state index in [1.54, 1.807) is 6.07 Å². The van der Waals surface area contributed by atoms with Crippen LogP contribution in [0.25, 0.3) is 21.8 Å². The van der Waals surface area contributed by atoms with Gasteiger partial charge in [-0.3, -0.25) is 4.79 Å². The molecule has 0 fully saturated rings. The van der Waals surface area contributed by atoms with E-state index in [4.69, 9.17) is 10.5 Å². The highest BCUT2D eigenvalue weighted by molar-refractivity contribution is 6.20. The van der Waals surface area contributed by atoms with Crippen molar-refractivity contribution in [1.29, 1.82) is 0 Å². The van der Waals surface area contributed by atoms with Gasteiger partial charge in [-0.25, -0.2) is 4.79 Å². The maximum Gasteiger partial charge on any atom is 0.341 e. The van der Waals surface area contributed by atoms with Gasteiger partial charge in [0.15, 0.2) is 6.61 Å². The zero-order chi connectivity index (χ0) is 26.8. The van der Waals surface area contributed by atoms with Crippen LogP contribution in [0.4, 0.5) is 0 Å². The lowest BCUT2D eigenvalue weighted by atomic mass is 9.99. The summed E-state index contributed by atoms with van der Waals surface area (Å²) in [4.78, 5) is 23.9. The number of rotatable bonds is 9. The van der Waals surface area contributed by atoms with Crippen molar-refractivity contribution in [3.63, 3.8) is 0 Å². The number of primary amides is 1. The summed E-state index contributed by atoms with van der Waals surface area (Å²) >= 11 is 0. The quantitative estimate of drug-likeness (QED) is 0.252. The Morgan fingerprint density at radius 1 is 0.868 bits per heavy atom. The predicted octanol–water partition coefficient (Wildman–Crippen LogP) is 6.12. The molecule has 0 radical (unpaired) electrons. The first-order valence-corrected chi connectivity index (χ1v) is 12.7. The molecular formula is C32H30N2O4. The molecule has 0 bridgehead atoms. The number of hydrogen-bond acceptors (Lipinski definition) is 3. The van der Waals surface area contributed by atoms with Crippen molar-refractivity contribution < 1.29 is 19.4 Å². The highest BCUT2D eigenvalue weighted by Crippen LogP contribution is 2.40. The monoisotopic (exact) mass is 506 g/mol. The van der Waals surface area contributed by atoms with Crippen LogP contribution in [0.5, 0.6) is 5.75 Å². The second-order valence-corrected chi connectivity index (χ2v) is 9.83. The molecule has 4 aromatic carbocycles. The molecule has 3 N–H and O–H groups in total. The van der Waals surface area contributed by atoms with Gasteiger partial charge in [-0.2, -0.15) is 0 Å². The maximum atomic E-state index is 12.5. The minimum absolute atomic E-state index is 0.180. The van der Waals surface area contributed by atoms with Gasteiger partial charge >= 0.3 is 5.97 Å². The fourth-order valence-electron chi connectivity index (χ4n) is 5.08. The van der Waals surface area contributed by atoms with E-state index < -0.39 is 18.5 Å². The van der Waals surface area contributed by atoms with E-state index in [0.717, 1.165) is 28.6 Å². The highest BCUT2D eigenvalue weighted by Gasteiger charge is 2.22. The molecule has 0 saturated heterocycles. The van der Waals surface area contributed by atoms with E-state index in [1.165, 1.54) is 11.1 Å². The zero-order valence-electron chi connectivity index (χ0n) is 21.5. The SMILES string of the molecule is CC(C)c1cc(OCC(=O)O)c2c3c(C(N)=O)cccc3n(Cc3ccccc3Cc3ccccc3)c2c1. The highest BCUT2D eigenvalue weighted by atomic mass is 16.5. The van der Waals surface area contributed by atoms with Crippen molar-refractivity contribution >= 4 is 33.7 Å². The molecule has 192 valence electrons. The number of ether oxygens (including phenoxy) is 1. The van der Waals surface area contributed by atoms with Crippen LogP contribution in [0.2, 0.25) is 0 Å². The molecule has 6 nitrogen and oxygen atoms in total. The largest absolute Gasteiger partial charge is 0.481 e. The molecule has 1 heterocycles. The summed E-state index contributed by atoms with van der Waals surface area (Å²) in [5.74, 6) is -0.999. The third-order valence-corrected chi connectivity index (χ3v) is 6.95. The minimum atomic E-state index is -1.07. The molecule has 0 spiro atoms. The third kappa shape index (κ3) is 4.85. The summed E-state index contributed by atoms with van der Waals surface area (Å²) < 4.78 is 8.00. The van der Waals surface area contributed by atoms with Gasteiger partial charge in [0.2, 0.25) is 5.91 Å². The van der Waals surface area contributed by atoms with E-state index in [0.29, 0.717) is 28.6 Å². The van der Waals surface area contributed by atoms with Crippen molar-refractivity contribution in [2.24, 2.45) is 5.73 Å². The molecule has 5 rings (SSSR count). The molecular weight excluding hydrogens is 476 g/mol. The van der Waals surface area contributed by atoms with Crippen LogP contribution in [0.15, 0.2) is 84.9 Å². The van der Waals surface area contributed by atoms with Crippen molar-refractivity contribution in [2.45, 2.75) is 32.7 Å². The molecule has 1 amide bonds. The number of hydrogen-bond donors (Lipinski definition) is 2. The van der Waals surface area contributed by atoms with E-state index >= 15 is 0 Å². The van der Waals surface area contributed by atoms with Crippen molar-refractivity contribution in [3.8, 4) is 5.75 Å². The number of aliphatic carboxylic acids is 1. The standard InChI is InChI=1S/C32H30N2O4/c1-20(2)24-16-27-31(28(17-24)38-19-29(35)36)30-25(32(33)37)13-8-14-26(30)34(27)18-23-12-7-6-11-22(23)15-21-9-4-3-5-10-21/h3-14,16-17,20H,15,18-19H2,1-2H3,(H2,33,37)(H,35,36). The summed E-state index contributed by atoms with van der Waals surface area (Å²) in [7, 11) is 0. The average molecular weight is 507 g/mol. The normalized spacial score (nSPS) is 11.3. The fourth-order valence-corrected chi connectivity index (χ4v) is 5.08. The number of nitrogens with zero attached hydrogens (tertiary/aromatic N) is 1. The number of carbonyl (C=O) groups excluding carboxylic acids is 1. The van der Waals surface area contributed by atoms with Gasteiger partial charge in [-0.1, -0.05) is 74.5 Å². The van der Waals surface area contributed by atoms with Crippen LogP contribution in [-0.4, -0.2) is 28.2 Å². The first kappa shape index (κ1) is 25.1. The number of carboxylic acids is 1. The zero-order valence-corrected chi connectivity index (χ0v) is 21.5. The minimum Gasteiger partial charge on any atom is -0.481 e. The van der Waals surface area contributed by atoms with Gasteiger partial charge in [0.05, 0.1) is 16.4 Å². The second-order valence-electron chi connectivity index (χ2n) is 9.83. The number of nitrogens with two attached hydrogens (primary N) is 1. The Balaban J connectivity index is 1.76. The predicted molar refractivity (Wildman–Crippen MR) is 150 cm³/mol. The number of benzene rings is 4. The molecule has 0 saturated carbocycles. The summed E-state index contributed by atoms with van der Waals surface area (Å²) in [5, 5.41) is 10.7. The first-order valence-electron chi connectivity index (χ1n) is 12.7. The molecule has 0 aliphatic rings. The van der Waals surface area contributed by atoms with Gasteiger partial charge in [-0.15, -0.1) is 0 Å². The number of fused-ring (bicyclic) bond motifs is 3. The van der Waals surface area contributed by atoms with Crippen molar-refractivity contribution in [1.82, 2.24) is 4.57 Å². The summed E-state index contributed by atoms with van der Waals surface area (Å²) in [6, 6.07) is 28.2. The van der Waals surface area contributed by atoms with Crippen LogP contribution in [0.1, 0.15) is 52.4 Å².